The van der Waals surface area contributed by atoms with Gasteiger partial charge >= 0.3 is 5.97 Å². The van der Waals surface area contributed by atoms with Gasteiger partial charge in [0.05, 0.1) is 31.2 Å². The van der Waals surface area contributed by atoms with Gasteiger partial charge in [0.25, 0.3) is 11.8 Å². The fourth-order valence-corrected chi connectivity index (χ4v) is 3.69. The minimum Gasteiger partial charge on any atom is -0.467 e. The van der Waals surface area contributed by atoms with E-state index < -0.39 is 17.9 Å². The molecule has 1 aliphatic heterocycles. The molecule has 4 rings (SSSR count). The van der Waals surface area contributed by atoms with Gasteiger partial charge in [0.1, 0.15) is 6.04 Å². The smallest absolute Gasteiger partial charge is 0.328 e. The Hall–Kier alpha value is -4.27. The summed E-state index contributed by atoms with van der Waals surface area (Å²) < 4.78 is 6.81. The number of methoxy groups -OCH3 is 1. The molecule has 2 heterocycles. The zero-order valence-electron chi connectivity index (χ0n) is 19.0. The van der Waals surface area contributed by atoms with Crippen LogP contribution in [0.3, 0.4) is 0 Å². The number of nitrogens with one attached hydrogen (secondary N) is 1. The maximum absolute atomic E-state index is 12.8. The Balaban J connectivity index is 1.42. The molecule has 0 saturated carbocycles. The fraction of sp³-hybridized carbons (Fsp3) is 0.240. The zero-order valence-corrected chi connectivity index (χ0v) is 19.0. The molecule has 2 aromatic carbocycles. The first-order valence-electron chi connectivity index (χ1n) is 10.8. The number of imidazole rings is 1. The topological polar surface area (TPSA) is 106 Å². The van der Waals surface area contributed by atoms with Gasteiger partial charge in [-0.1, -0.05) is 30.3 Å². The molecule has 174 valence electrons. The molecule has 1 aliphatic rings. The number of benzene rings is 2. The molecule has 0 spiro atoms. The van der Waals surface area contributed by atoms with Gasteiger partial charge in [-0.3, -0.25) is 9.59 Å². The van der Waals surface area contributed by atoms with E-state index in [1.807, 2.05) is 41.1 Å². The van der Waals surface area contributed by atoms with Crippen molar-refractivity contribution >= 4 is 29.2 Å². The van der Waals surface area contributed by atoms with Gasteiger partial charge in [-0.05, 0) is 36.8 Å². The number of anilines is 1. The third kappa shape index (κ3) is 5.37. The maximum Gasteiger partial charge on any atom is 0.328 e. The Kier molecular flexibility index (Phi) is 6.82. The van der Waals surface area contributed by atoms with Crippen molar-refractivity contribution in [2.75, 3.05) is 12.1 Å². The predicted molar refractivity (Wildman–Crippen MR) is 126 cm³/mol. The third-order valence-electron chi connectivity index (χ3n) is 5.39. The largest absolute Gasteiger partial charge is 0.467 e. The van der Waals surface area contributed by atoms with E-state index in [1.165, 1.54) is 12.1 Å². The van der Waals surface area contributed by atoms with Crippen LogP contribution >= 0.6 is 0 Å². The Morgan fingerprint density at radius 1 is 1.12 bits per heavy atom. The molecule has 9 nitrogen and oxygen atoms in total. The van der Waals surface area contributed by atoms with Crippen LogP contribution in [0.25, 0.3) is 0 Å². The second-order valence-electron chi connectivity index (χ2n) is 8.04. The molecule has 1 N–H and O–H groups in total. The number of amides is 2. The maximum atomic E-state index is 12.8. The molecule has 2 amide bonds. The Morgan fingerprint density at radius 2 is 1.85 bits per heavy atom. The standard InChI is InChI=1S/C25H25N5O4/c1-17-12-23(31)30(28-17)21-10-8-19(9-11-21)24(32)27-22(25(33)34-2)13-20-15-29(16-26-20)14-18-6-4-3-5-7-18/h3-11,15-16,22H,12-14H2,1-2H3,(H,27,32). The molecule has 3 aromatic rings. The van der Waals surface area contributed by atoms with Crippen molar-refractivity contribution in [1.29, 1.82) is 0 Å². The van der Waals surface area contributed by atoms with Gasteiger partial charge in [0, 0.05) is 30.4 Å². The summed E-state index contributed by atoms with van der Waals surface area (Å²) in [5, 5.41) is 8.25. The molecule has 1 unspecified atom stereocenters. The highest BCUT2D eigenvalue weighted by Gasteiger charge is 2.25. The lowest BCUT2D eigenvalue weighted by Gasteiger charge is -2.16. The number of nitrogens with zero attached hydrogens (tertiary/aromatic N) is 4. The van der Waals surface area contributed by atoms with Crippen molar-refractivity contribution in [2.24, 2.45) is 5.10 Å². The summed E-state index contributed by atoms with van der Waals surface area (Å²) in [6, 6.07) is 15.5. The number of carbonyl (C=O) groups excluding carboxylic acids is 3. The number of hydrogen-bond donors (Lipinski definition) is 1. The van der Waals surface area contributed by atoms with Gasteiger partial charge in [-0.25, -0.2) is 14.8 Å². The second-order valence-corrected chi connectivity index (χ2v) is 8.04. The van der Waals surface area contributed by atoms with E-state index in [9.17, 15) is 14.4 Å². The number of ether oxygens (including phenoxy) is 1. The fourth-order valence-electron chi connectivity index (χ4n) is 3.69. The first-order valence-corrected chi connectivity index (χ1v) is 10.8. The van der Waals surface area contributed by atoms with Crippen LogP contribution in [0.15, 0.2) is 72.2 Å². The van der Waals surface area contributed by atoms with E-state index in [2.05, 4.69) is 15.4 Å². The number of rotatable bonds is 8. The van der Waals surface area contributed by atoms with Gasteiger partial charge in [-0.2, -0.15) is 5.10 Å². The minimum absolute atomic E-state index is 0.118. The van der Waals surface area contributed by atoms with Gasteiger partial charge in [0.2, 0.25) is 0 Å². The van der Waals surface area contributed by atoms with Crippen LogP contribution in [-0.2, 0) is 27.3 Å². The van der Waals surface area contributed by atoms with E-state index in [1.54, 1.807) is 37.5 Å². The summed E-state index contributed by atoms with van der Waals surface area (Å²) in [5.41, 5.74) is 3.44. The number of aromatic nitrogens is 2. The van der Waals surface area contributed by atoms with Crippen molar-refractivity contribution in [3.63, 3.8) is 0 Å². The third-order valence-corrected chi connectivity index (χ3v) is 5.39. The van der Waals surface area contributed by atoms with Gasteiger partial charge < -0.3 is 14.6 Å². The van der Waals surface area contributed by atoms with E-state index in [0.717, 1.165) is 11.3 Å². The van der Waals surface area contributed by atoms with Crippen LogP contribution < -0.4 is 10.3 Å². The molecule has 0 saturated heterocycles. The van der Waals surface area contributed by atoms with Crippen LogP contribution in [0.1, 0.15) is 35.0 Å². The zero-order chi connectivity index (χ0) is 24.1. The average Bonchev–Trinajstić information content (AvgIpc) is 3.43. The summed E-state index contributed by atoms with van der Waals surface area (Å²) in [5.74, 6) is -1.11. The average molecular weight is 460 g/mol. The molecular weight excluding hydrogens is 434 g/mol. The first kappa shape index (κ1) is 22.9. The van der Waals surface area contributed by atoms with E-state index in [4.69, 9.17) is 4.74 Å². The molecule has 0 aliphatic carbocycles. The van der Waals surface area contributed by atoms with Gasteiger partial charge in [-0.15, -0.1) is 0 Å². The normalized spacial score (nSPS) is 14.0. The predicted octanol–water partition coefficient (Wildman–Crippen LogP) is 2.56. The number of hydrogen-bond acceptors (Lipinski definition) is 6. The number of hydrazone groups is 1. The molecule has 0 fully saturated rings. The van der Waals surface area contributed by atoms with E-state index >= 15 is 0 Å². The van der Waals surface area contributed by atoms with Crippen LogP contribution in [0, 0.1) is 0 Å². The summed E-state index contributed by atoms with van der Waals surface area (Å²) in [7, 11) is 1.28. The summed E-state index contributed by atoms with van der Waals surface area (Å²) >= 11 is 0. The quantitative estimate of drug-likeness (QED) is 0.521. The Labute approximate surface area is 197 Å². The molecule has 1 aromatic heterocycles. The lowest BCUT2D eigenvalue weighted by atomic mass is 10.1. The molecular formula is C25H25N5O4. The van der Waals surface area contributed by atoms with Crippen LogP contribution in [0.5, 0.6) is 0 Å². The molecule has 1 atom stereocenters. The summed E-state index contributed by atoms with van der Waals surface area (Å²) in [4.78, 5) is 41.5. The molecule has 0 bridgehead atoms. The van der Waals surface area contributed by atoms with Crippen LogP contribution in [0.2, 0.25) is 0 Å². The van der Waals surface area contributed by atoms with Crippen molar-refractivity contribution in [1.82, 2.24) is 14.9 Å². The summed E-state index contributed by atoms with van der Waals surface area (Å²) in [6.07, 6.45) is 4.01. The highest BCUT2D eigenvalue weighted by atomic mass is 16.5. The highest BCUT2D eigenvalue weighted by molar-refractivity contribution is 6.12. The van der Waals surface area contributed by atoms with Gasteiger partial charge in [0.15, 0.2) is 0 Å². The van der Waals surface area contributed by atoms with Crippen molar-refractivity contribution in [3.05, 3.63) is 83.9 Å². The Bertz CT molecular complexity index is 1220. The van der Waals surface area contributed by atoms with Crippen molar-refractivity contribution < 1.29 is 19.1 Å². The van der Waals surface area contributed by atoms with Crippen LogP contribution in [0.4, 0.5) is 5.69 Å². The van der Waals surface area contributed by atoms with E-state index in [-0.39, 0.29) is 18.7 Å². The number of carbonyl (C=O) groups is 3. The lowest BCUT2D eigenvalue weighted by Crippen LogP contribution is -2.43. The molecule has 9 heteroatoms. The highest BCUT2D eigenvalue weighted by Crippen LogP contribution is 2.21. The minimum atomic E-state index is -0.898. The Morgan fingerprint density at radius 3 is 2.50 bits per heavy atom. The van der Waals surface area contributed by atoms with E-state index in [0.29, 0.717) is 23.5 Å². The first-order chi connectivity index (χ1) is 16.4. The lowest BCUT2D eigenvalue weighted by molar-refractivity contribution is -0.142. The van der Waals surface area contributed by atoms with Crippen LogP contribution in [-0.4, -0.2) is 46.2 Å². The summed E-state index contributed by atoms with van der Waals surface area (Å²) in [6.45, 7) is 2.44. The molecule has 0 radical (unpaired) electrons. The van der Waals surface area contributed by atoms with Crippen molar-refractivity contribution in [3.8, 4) is 0 Å². The SMILES string of the molecule is COC(=O)C(Cc1cn(Cc2ccccc2)cn1)NC(=O)c1ccc(N2N=C(C)CC2=O)cc1. The van der Waals surface area contributed by atoms with Crippen molar-refractivity contribution in [2.45, 2.75) is 32.4 Å². The monoisotopic (exact) mass is 459 g/mol. The number of esters is 1. The molecule has 34 heavy (non-hydrogen) atoms. The second kappa shape index (κ2) is 10.1.